The van der Waals surface area contributed by atoms with Crippen LogP contribution in [0.3, 0.4) is 0 Å². The minimum absolute atomic E-state index is 0.0837. The summed E-state index contributed by atoms with van der Waals surface area (Å²) in [4.78, 5) is 12.0. The van der Waals surface area contributed by atoms with Crippen LogP contribution in [0, 0.1) is 0 Å². The number of hydrogen-bond acceptors (Lipinski definition) is 5. The van der Waals surface area contributed by atoms with Gasteiger partial charge in [-0.2, -0.15) is 0 Å². The Kier molecular flexibility index (Phi) is 3.99. The van der Waals surface area contributed by atoms with Crippen LogP contribution in [0.5, 0.6) is 0 Å². The van der Waals surface area contributed by atoms with E-state index in [1.807, 2.05) is 6.92 Å². The van der Waals surface area contributed by atoms with Gasteiger partial charge >= 0.3 is 5.63 Å². The summed E-state index contributed by atoms with van der Waals surface area (Å²) in [6.07, 6.45) is 1.83. The maximum absolute atomic E-state index is 12.0. The van der Waals surface area contributed by atoms with Crippen LogP contribution >= 0.6 is 0 Å². The summed E-state index contributed by atoms with van der Waals surface area (Å²) in [5.74, 6) is 0. The Morgan fingerprint density at radius 1 is 1.20 bits per heavy atom. The van der Waals surface area contributed by atoms with Crippen molar-refractivity contribution >= 4 is 32.4 Å². The highest BCUT2D eigenvalue weighted by Crippen LogP contribution is 2.28. The van der Waals surface area contributed by atoms with Crippen LogP contribution in [0.25, 0.3) is 11.0 Å². The predicted molar refractivity (Wildman–Crippen MR) is 79.7 cm³/mol. The first-order chi connectivity index (χ1) is 9.42. The van der Waals surface area contributed by atoms with Gasteiger partial charge in [0.05, 0.1) is 11.9 Å². The zero-order valence-electron chi connectivity index (χ0n) is 11.3. The van der Waals surface area contributed by atoms with E-state index in [0.29, 0.717) is 23.2 Å². The van der Waals surface area contributed by atoms with Crippen LogP contribution in [0.15, 0.2) is 33.5 Å². The van der Waals surface area contributed by atoms with Gasteiger partial charge in [-0.1, -0.05) is 19.1 Å². The first kappa shape index (κ1) is 14.4. The van der Waals surface area contributed by atoms with Crippen molar-refractivity contribution in [3.63, 3.8) is 0 Å². The van der Waals surface area contributed by atoms with Crippen molar-refractivity contribution in [2.75, 3.05) is 22.8 Å². The molecule has 0 radical (unpaired) electrons. The summed E-state index contributed by atoms with van der Waals surface area (Å²) >= 11 is 0. The summed E-state index contributed by atoms with van der Waals surface area (Å²) in [7, 11) is -3.57. The highest BCUT2D eigenvalue weighted by Gasteiger charge is 2.17. The Labute approximate surface area is 116 Å². The van der Waals surface area contributed by atoms with E-state index in [-0.39, 0.29) is 5.69 Å². The molecule has 6 nitrogen and oxygen atoms in total. The molecule has 2 rings (SSSR count). The molecule has 2 N–H and O–H groups in total. The molecule has 108 valence electrons. The molecular weight excluding hydrogens is 280 g/mol. The number of fused-ring (bicyclic) bond motifs is 1. The maximum atomic E-state index is 12.0. The van der Waals surface area contributed by atoms with Crippen LogP contribution in [0.1, 0.15) is 13.3 Å². The fourth-order valence-electron chi connectivity index (χ4n) is 1.86. The highest BCUT2D eigenvalue weighted by atomic mass is 32.2. The average molecular weight is 296 g/mol. The van der Waals surface area contributed by atoms with Gasteiger partial charge < -0.3 is 9.73 Å². The standard InChI is InChI=1S/C13H16N2O4S/c1-3-8-14-11-9-6-4-5-7-10(9)19-13(16)12(11)15-20(2,17)18/h4-7,14-15H,3,8H2,1-2H3. The van der Waals surface area contributed by atoms with Gasteiger partial charge in [-0.15, -0.1) is 0 Å². The third-order valence-corrected chi connectivity index (χ3v) is 3.23. The number of rotatable bonds is 5. The first-order valence-corrected chi connectivity index (χ1v) is 8.09. The van der Waals surface area contributed by atoms with E-state index in [9.17, 15) is 13.2 Å². The maximum Gasteiger partial charge on any atom is 0.363 e. The molecule has 20 heavy (non-hydrogen) atoms. The summed E-state index contributed by atoms with van der Waals surface area (Å²) in [6.45, 7) is 2.59. The fraction of sp³-hybridized carbons (Fsp3) is 0.308. The molecule has 0 spiro atoms. The van der Waals surface area contributed by atoms with Gasteiger partial charge in [-0.3, -0.25) is 4.72 Å². The van der Waals surface area contributed by atoms with E-state index in [4.69, 9.17) is 4.42 Å². The normalized spacial score (nSPS) is 11.5. The van der Waals surface area contributed by atoms with E-state index < -0.39 is 15.6 Å². The van der Waals surface area contributed by atoms with E-state index >= 15 is 0 Å². The summed E-state index contributed by atoms with van der Waals surface area (Å²) in [5.41, 5.74) is 0.0617. The molecule has 0 aliphatic heterocycles. The van der Waals surface area contributed by atoms with Gasteiger partial charge in [0, 0.05) is 11.9 Å². The zero-order chi connectivity index (χ0) is 14.8. The SMILES string of the molecule is CCCNc1c(NS(C)(=O)=O)c(=O)oc2ccccc12. The van der Waals surface area contributed by atoms with Crippen molar-refractivity contribution in [1.82, 2.24) is 0 Å². The van der Waals surface area contributed by atoms with Crippen LogP contribution in [0.2, 0.25) is 0 Å². The van der Waals surface area contributed by atoms with Gasteiger partial charge in [-0.05, 0) is 18.6 Å². The molecule has 2 aromatic rings. The van der Waals surface area contributed by atoms with Crippen molar-refractivity contribution in [3.05, 3.63) is 34.7 Å². The number of benzene rings is 1. The number of para-hydroxylation sites is 1. The quantitative estimate of drug-likeness (QED) is 0.824. The van der Waals surface area contributed by atoms with Crippen molar-refractivity contribution < 1.29 is 12.8 Å². The first-order valence-electron chi connectivity index (χ1n) is 6.20. The molecule has 7 heteroatoms. The molecule has 0 saturated carbocycles. The smallest absolute Gasteiger partial charge is 0.363 e. The van der Waals surface area contributed by atoms with E-state index in [2.05, 4.69) is 10.0 Å². The van der Waals surface area contributed by atoms with Crippen LogP contribution in [-0.2, 0) is 10.0 Å². The summed E-state index contributed by atoms with van der Waals surface area (Å²) in [5, 5.41) is 3.74. The molecule has 0 aliphatic rings. The second-order valence-electron chi connectivity index (χ2n) is 4.44. The van der Waals surface area contributed by atoms with E-state index in [1.165, 1.54) is 0 Å². The number of anilines is 2. The molecular formula is C13H16N2O4S. The molecule has 0 bridgehead atoms. The second kappa shape index (κ2) is 5.54. The molecule has 0 fully saturated rings. The van der Waals surface area contributed by atoms with Crippen molar-refractivity contribution in [3.8, 4) is 0 Å². The van der Waals surface area contributed by atoms with Crippen LogP contribution in [-0.4, -0.2) is 21.2 Å². The highest BCUT2D eigenvalue weighted by molar-refractivity contribution is 7.92. The number of hydrogen-bond donors (Lipinski definition) is 2. The lowest BCUT2D eigenvalue weighted by Crippen LogP contribution is -2.19. The lowest BCUT2D eigenvalue weighted by molar-refractivity contribution is 0.563. The molecule has 0 saturated heterocycles. The molecule has 0 unspecified atom stereocenters. The zero-order valence-corrected chi connectivity index (χ0v) is 12.1. The van der Waals surface area contributed by atoms with Gasteiger partial charge in [0.2, 0.25) is 10.0 Å². The van der Waals surface area contributed by atoms with Gasteiger partial charge in [0.25, 0.3) is 0 Å². The largest absolute Gasteiger partial charge is 0.421 e. The average Bonchev–Trinajstić information content (AvgIpc) is 2.37. The van der Waals surface area contributed by atoms with Crippen molar-refractivity contribution in [2.24, 2.45) is 0 Å². The lowest BCUT2D eigenvalue weighted by Gasteiger charge is -2.13. The molecule has 1 aromatic heterocycles. The van der Waals surface area contributed by atoms with E-state index in [0.717, 1.165) is 12.7 Å². The molecule has 0 atom stereocenters. The third-order valence-electron chi connectivity index (χ3n) is 2.65. The molecule has 1 aromatic carbocycles. The van der Waals surface area contributed by atoms with Gasteiger partial charge in [0.15, 0.2) is 5.69 Å². The Morgan fingerprint density at radius 2 is 1.90 bits per heavy atom. The number of nitrogens with one attached hydrogen (secondary N) is 2. The van der Waals surface area contributed by atoms with Crippen molar-refractivity contribution in [2.45, 2.75) is 13.3 Å². The third kappa shape index (κ3) is 3.11. The Balaban J connectivity index is 2.70. The Morgan fingerprint density at radius 3 is 2.55 bits per heavy atom. The van der Waals surface area contributed by atoms with Crippen molar-refractivity contribution in [1.29, 1.82) is 0 Å². The molecule has 0 amide bonds. The Bertz CT molecular complexity index is 781. The van der Waals surface area contributed by atoms with Gasteiger partial charge in [0.1, 0.15) is 5.58 Å². The molecule has 1 heterocycles. The monoisotopic (exact) mass is 296 g/mol. The Hall–Kier alpha value is -2.02. The summed E-state index contributed by atoms with van der Waals surface area (Å²) in [6, 6.07) is 6.98. The van der Waals surface area contributed by atoms with Crippen LogP contribution < -0.4 is 15.7 Å². The topological polar surface area (TPSA) is 88.4 Å². The lowest BCUT2D eigenvalue weighted by atomic mass is 10.2. The van der Waals surface area contributed by atoms with E-state index in [1.54, 1.807) is 24.3 Å². The minimum atomic E-state index is -3.57. The van der Waals surface area contributed by atoms with Crippen LogP contribution in [0.4, 0.5) is 11.4 Å². The second-order valence-corrected chi connectivity index (χ2v) is 6.19. The molecule has 0 aliphatic carbocycles. The fourth-order valence-corrected chi connectivity index (χ4v) is 2.42. The number of sulfonamides is 1. The van der Waals surface area contributed by atoms with Gasteiger partial charge in [-0.25, -0.2) is 13.2 Å². The summed E-state index contributed by atoms with van der Waals surface area (Å²) < 4.78 is 30.2. The minimum Gasteiger partial charge on any atom is -0.421 e. The predicted octanol–water partition coefficient (Wildman–Crippen LogP) is 1.99.